The molecule has 4 aromatic rings. The molecule has 3 aliphatic rings. The zero-order chi connectivity index (χ0) is 26.6. The van der Waals surface area contributed by atoms with Crippen molar-refractivity contribution in [2.75, 3.05) is 24.6 Å². The second-order valence-corrected chi connectivity index (χ2v) is 11.1. The first-order valence-corrected chi connectivity index (χ1v) is 12.9. The van der Waals surface area contributed by atoms with E-state index >= 15 is 0 Å². The average molecular weight is 513 g/mol. The summed E-state index contributed by atoms with van der Waals surface area (Å²) in [6, 6.07) is 9.25. The molecule has 1 N–H and O–H groups in total. The second-order valence-electron chi connectivity index (χ2n) is 11.1. The van der Waals surface area contributed by atoms with E-state index < -0.39 is 5.60 Å². The van der Waals surface area contributed by atoms with Crippen LogP contribution >= 0.6 is 0 Å². The number of nitrogens with zero attached hydrogens (tertiary/aromatic N) is 8. The number of fused-ring (bicyclic) bond motifs is 3. The molecule has 7 heterocycles. The van der Waals surface area contributed by atoms with Gasteiger partial charge in [0.2, 0.25) is 0 Å². The third kappa shape index (κ3) is 4.48. The molecule has 2 unspecified atom stereocenters. The van der Waals surface area contributed by atoms with Crippen molar-refractivity contribution < 1.29 is 9.84 Å². The molecule has 0 radical (unpaired) electrons. The lowest BCUT2D eigenvalue weighted by Gasteiger charge is -2.56. The van der Waals surface area contributed by atoms with E-state index in [1.807, 2.05) is 30.1 Å². The number of piperazine rings is 1. The summed E-state index contributed by atoms with van der Waals surface area (Å²) in [5.41, 5.74) is 4.31. The Morgan fingerprint density at radius 2 is 1.97 bits per heavy atom. The summed E-state index contributed by atoms with van der Waals surface area (Å²) in [4.78, 5) is 9.78. The van der Waals surface area contributed by atoms with E-state index in [0.717, 1.165) is 42.3 Å². The molecule has 0 spiro atoms. The highest BCUT2D eigenvalue weighted by Gasteiger charge is 2.44. The standard InChI is InChI=1S/C28H32N8O2/c1-18-21(12-33(4)32-18)13-35-22-7-23(35)15-34(14-22)26-6-5-19(10-30-26)25-8-24(38-17-28(2,3)37)16-36-27(25)20(9-29)11-31-36/h5-6,8,10-12,16,22-23,37H,7,13-15,17H2,1-4H3. The number of aliphatic hydroxyl groups is 1. The van der Waals surface area contributed by atoms with Crippen LogP contribution in [0.15, 0.2) is 43.0 Å². The first kappa shape index (κ1) is 24.4. The summed E-state index contributed by atoms with van der Waals surface area (Å²) < 4.78 is 9.39. The van der Waals surface area contributed by atoms with Crippen molar-refractivity contribution >= 4 is 11.3 Å². The van der Waals surface area contributed by atoms with Crippen LogP contribution in [0.5, 0.6) is 5.75 Å². The lowest BCUT2D eigenvalue weighted by molar-refractivity contribution is -0.00883. The van der Waals surface area contributed by atoms with Gasteiger partial charge in [0.05, 0.1) is 34.8 Å². The number of piperidine rings is 1. The van der Waals surface area contributed by atoms with Gasteiger partial charge in [0.25, 0.3) is 0 Å². The Morgan fingerprint density at radius 1 is 1.18 bits per heavy atom. The van der Waals surface area contributed by atoms with Gasteiger partial charge in [-0.1, -0.05) is 0 Å². The number of aryl methyl sites for hydroxylation is 2. The quantitative estimate of drug-likeness (QED) is 0.403. The van der Waals surface area contributed by atoms with Gasteiger partial charge in [-0.15, -0.1) is 0 Å². The minimum absolute atomic E-state index is 0.135. The Labute approximate surface area is 221 Å². The van der Waals surface area contributed by atoms with E-state index in [4.69, 9.17) is 9.72 Å². The molecule has 10 heteroatoms. The number of anilines is 1. The SMILES string of the molecule is Cc1nn(C)cc1CN1C2CC1CN(c1ccc(-c3cc(OCC(C)(C)O)cn4ncc(C#N)c34)cn1)C2. The molecule has 0 amide bonds. The van der Waals surface area contributed by atoms with Crippen molar-refractivity contribution in [1.82, 2.24) is 29.3 Å². The number of aromatic nitrogens is 5. The smallest absolute Gasteiger partial charge is 0.138 e. The number of nitriles is 1. The van der Waals surface area contributed by atoms with Gasteiger partial charge in [-0.3, -0.25) is 9.58 Å². The molecule has 4 aromatic heterocycles. The second kappa shape index (κ2) is 9.11. The Kier molecular flexibility index (Phi) is 5.85. The molecule has 196 valence electrons. The summed E-state index contributed by atoms with van der Waals surface area (Å²) in [5.74, 6) is 1.52. The summed E-state index contributed by atoms with van der Waals surface area (Å²) >= 11 is 0. The maximum absolute atomic E-state index is 10.1. The molecule has 38 heavy (non-hydrogen) atoms. The zero-order valence-corrected chi connectivity index (χ0v) is 22.2. The number of ether oxygens (including phenoxy) is 1. The van der Waals surface area contributed by atoms with E-state index in [1.165, 1.54) is 12.0 Å². The highest BCUT2D eigenvalue weighted by Crippen LogP contribution is 2.37. The summed E-state index contributed by atoms with van der Waals surface area (Å²) in [6.07, 6.45) is 8.49. The van der Waals surface area contributed by atoms with Crippen molar-refractivity contribution in [2.24, 2.45) is 7.05 Å². The van der Waals surface area contributed by atoms with Crippen molar-refractivity contribution in [2.45, 2.75) is 51.4 Å². The van der Waals surface area contributed by atoms with Crippen LogP contribution in [0.25, 0.3) is 16.6 Å². The molecule has 0 aliphatic carbocycles. The van der Waals surface area contributed by atoms with E-state index in [2.05, 4.69) is 45.3 Å². The molecule has 0 aromatic carbocycles. The van der Waals surface area contributed by atoms with E-state index in [-0.39, 0.29) is 6.61 Å². The summed E-state index contributed by atoms with van der Waals surface area (Å²) in [6.45, 7) is 8.46. The van der Waals surface area contributed by atoms with Gasteiger partial charge in [-0.25, -0.2) is 9.50 Å². The van der Waals surface area contributed by atoms with Gasteiger partial charge in [0, 0.05) is 67.8 Å². The van der Waals surface area contributed by atoms with Gasteiger partial charge in [-0.2, -0.15) is 15.5 Å². The molecular weight excluding hydrogens is 480 g/mol. The number of hydrogen-bond acceptors (Lipinski definition) is 8. The minimum atomic E-state index is -0.970. The lowest BCUT2D eigenvalue weighted by Crippen LogP contribution is -2.68. The maximum Gasteiger partial charge on any atom is 0.138 e. The van der Waals surface area contributed by atoms with Crippen molar-refractivity contribution in [3.8, 4) is 22.9 Å². The van der Waals surface area contributed by atoms with Gasteiger partial charge >= 0.3 is 0 Å². The molecule has 7 rings (SSSR count). The van der Waals surface area contributed by atoms with Crippen LogP contribution in [0.4, 0.5) is 5.82 Å². The maximum atomic E-state index is 10.1. The van der Waals surface area contributed by atoms with E-state index in [9.17, 15) is 10.4 Å². The van der Waals surface area contributed by atoms with Gasteiger partial charge < -0.3 is 14.7 Å². The number of pyridine rings is 2. The molecule has 10 nitrogen and oxygen atoms in total. The van der Waals surface area contributed by atoms with Gasteiger partial charge in [0.1, 0.15) is 24.2 Å². The first-order chi connectivity index (χ1) is 18.2. The van der Waals surface area contributed by atoms with Crippen molar-refractivity contribution in [3.63, 3.8) is 0 Å². The zero-order valence-electron chi connectivity index (χ0n) is 22.2. The van der Waals surface area contributed by atoms with E-state index in [1.54, 1.807) is 30.8 Å². The molecule has 3 saturated heterocycles. The Bertz CT molecular complexity index is 1510. The normalized spacial score (nSPS) is 19.4. The minimum Gasteiger partial charge on any atom is -0.489 e. The van der Waals surface area contributed by atoms with Gasteiger partial charge in [-0.05, 0) is 45.4 Å². The molecule has 2 bridgehead atoms. The summed E-state index contributed by atoms with van der Waals surface area (Å²) in [7, 11) is 1.97. The Morgan fingerprint density at radius 3 is 2.61 bits per heavy atom. The van der Waals surface area contributed by atoms with Crippen LogP contribution in [-0.4, -0.2) is 71.8 Å². The summed E-state index contributed by atoms with van der Waals surface area (Å²) in [5, 5.41) is 28.6. The molecular formula is C28H32N8O2. The number of rotatable bonds is 7. The fourth-order valence-corrected chi connectivity index (χ4v) is 5.60. The average Bonchev–Trinajstić information content (AvgIpc) is 3.46. The van der Waals surface area contributed by atoms with Gasteiger partial charge in [0.15, 0.2) is 0 Å². The third-order valence-corrected chi connectivity index (χ3v) is 7.49. The van der Waals surface area contributed by atoms with Crippen molar-refractivity contribution in [1.29, 1.82) is 5.26 Å². The predicted molar refractivity (Wildman–Crippen MR) is 143 cm³/mol. The van der Waals surface area contributed by atoms with Crippen LogP contribution in [0.1, 0.15) is 37.1 Å². The molecule has 3 aliphatic heterocycles. The van der Waals surface area contributed by atoms with Crippen LogP contribution in [0.3, 0.4) is 0 Å². The topological polar surface area (TPSA) is 108 Å². The molecule has 0 saturated carbocycles. The fraction of sp³-hybridized carbons (Fsp3) is 0.429. The van der Waals surface area contributed by atoms with Crippen LogP contribution in [0.2, 0.25) is 0 Å². The fourth-order valence-electron chi connectivity index (χ4n) is 5.60. The largest absolute Gasteiger partial charge is 0.489 e. The predicted octanol–water partition coefficient (Wildman–Crippen LogP) is 2.92. The molecule has 2 atom stereocenters. The number of hydrogen-bond donors (Lipinski definition) is 1. The Hall–Kier alpha value is -3.94. The lowest BCUT2D eigenvalue weighted by atomic mass is 9.87. The van der Waals surface area contributed by atoms with Crippen molar-refractivity contribution in [3.05, 3.63) is 59.8 Å². The first-order valence-electron chi connectivity index (χ1n) is 12.9. The van der Waals surface area contributed by atoms with Crippen LogP contribution < -0.4 is 9.64 Å². The highest BCUT2D eigenvalue weighted by atomic mass is 16.5. The van der Waals surface area contributed by atoms with Crippen LogP contribution in [0, 0.1) is 18.3 Å². The van der Waals surface area contributed by atoms with Crippen LogP contribution in [-0.2, 0) is 13.6 Å². The monoisotopic (exact) mass is 512 g/mol. The van der Waals surface area contributed by atoms with E-state index in [0.29, 0.717) is 28.9 Å². The Balaban J connectivity index is 1.22. The third-order valence-electron chi connectivity index (χ3n) is 7.49. The highest BCUT2D eigenvalue weighted by molar-refractivity contribution is 5.85. The molecule has 3 fully saturated rings.